The molecule has 0 amide bonds. The third-order valence-corrected chi connectivity index (χ3v) is 2.61. The van der Waals surface area contributed by atoms with Crippen molar-refractivity contribution in [3.63, 3.8) is 0 Å². The van der Waals surface area contributed by atoms with Crippen LogP contribution in [0.4, 0.5) is 5.82 Å². The molecule has 0 unspecified atom stereocenters. The van der Waals surface area contributed by atoms with E-state index in [4.69, 9.17) is 5.84 Å². The number of thioether (sulfide) groups is 1. The van der Waals surface area contributed by atoms with Crippen molar-refractivity contribution in [1.29, 1.82) is 0 Å². The number of nitrogen functional groups attached to an aromatic ring is 1. The van der Waals surface area contributed by atoms with Gasteiger partial charge in [0.2, 0.25) is 0 Å². The van der Waals surface area contributed by atoms with Crippen LogP contribution in [0.1, 0.15) is 33.5 Å². The average Bonchev–Trinajstić information content (AvgIpc) is 2.16. The maximum Gasteiger partial charge on any atom is 0.144 e. The summed E-state index contributed by atoms with van der Waals surface area (Å²) in [6.07, 6.45) is 0. The first-order valence-electron chi connectivity index (χ1n) is 4.96. The van der Waals surface area contributed by atoms with Crippen molar-refractivity contribution in [2.45, 2.75) is 38.1 Å². The molecule has 3 N–H and O–H groups in total. The van der Waals surface area contributed by atoms with Gasteiger partial charge in [0.1, 0.15) is 16.7 Å². The largest absolute Gasteiger partial charge is 0.308 e. The molecule has 0 aliphatic heterocycles. The van der Waals surface area contributed by atoms with Crippen molar-refractivity contribution in [2.24, 2.45) is 5.84 Å². The summed E-state index contributed by atoms with van der Waals surface area (Å²) >= 11 is 1.69. The molecule has 0 fully saturated rings. The van der Waals surface area contributed by atoms with Crippen LogP contribution < -0.4 is 11.3 Å². The van der Waals surface area contributed by atoms with Crippen molar-refractivity contribution in [3.8, 4) is 0 Å². The molecule has 0 atom stereocenters. The van der Waals surface area contributed by atoms with Crippen LogP contribution in [0, 0.1) is 0 Å². The minimum Gasteiger partial charge on any atom is -0.308 e. The van der Waals surface area contributed by atoms with Crippen LogP contribution in [0.25, 0.3) is 0 Å². The lowest BCUT2D eigenvalue weighted by Gasteiger charge is -2.18. The highest BCUT2D eigenvalue weighted by molar-refractivity contribution is 7.99. The van der Waals surface area contributed by atoms with E-state index in [0.29, 0.717) is 5.82 Å². The van der Waals surface area contributed by atoms with Crippen LogP contribution in [0.5, 0.6) is 0 Å². The minimum absolute atomic E-state index is 0.0596. The third kappa shape index (κ3) is 3.35. The van der Waals surface area contributed by atoms with Gasteiger partial charge in [0, 0.05) is 11.5 Å². The summed E-state index contributed by atoms with van der Waals surface area (Å²) in [5.74, 6) is 7.85. The van der Waals surface area contributed by atoms with Gasteiger partial charge in [0.15, 0.2) is 0 Å². The molecule has 15 heavy (non-hydrogen) atoms. The van der Waals surface area contributed by atoms with Crippen LogP contribution in [-0.4, -0.2) is 15.7 Å². The number of hydrogen-bond donors (Lipinski definition) is 2. The highest BCUT2D eigenvalue weighted by Crippen LogP contribution is 2.24. The van der Waals surface area contributed by atoms with E-state index in [-0.39, 0.29) is 5.41 Å². The number of hydrogen-bond acceptors (Lipinski definition) is 5. The predicted molar refractivity (Wildman–Crippen MR) is 64.9 cm³/mol. The number of anilines is 1. The van der Waals surface area contributed by atoms with Crippen LogP contribution in [0.2, 0.25) is 0 Å². The van der Waals surface area contributed by atoms with Crippen LogP contribution in [0.3, 0.4) is 0 Å². The van der Waals surface area contributed by atoms with E-state index in [1.165, 1.54) is 0 Å². The van der Waals surface area contributed by atoms with E-state index in [2.05, 4.69) is 43.1 Å². The first-order chi connectivity index (χ1) is 6.97. The first kappa shape index (κ1) is 12.3. The second kappa shape index (κ2) is 4.81. The van der Waals surface area contributed by atoms with Crippen LogP contribution >= 0.6 is 11.8 Å². The summed E-state index contributed by atoms with van der Waals surface area (Å²) in [5, 5.41) is 0.963. The van der Waals surface area contributed by atoms with Gasteiger partial charge in [-0.3, -0.25) is 0 Å². The van der Waals surface area contributed by atoms with Gasteiger partial charge < -0.3 is 5.43 Å². The fraction of sp³-hybridized carbons (Fsp3) is 0.600. The van der Waals surface area contributed by atoms with E-state index in [1.807, 2.05) is 6.07 Å². The Morgan fingerprint density at radius 3 is 2.53 bits per heavy atom. The lowest BCUT2D eigenvalue weighted by atomic mass is 9.96. The second-order valence-corrected chi connectivity index (χ2v) is 5.53. The number of nitrogens with one attached hydrogen (secondary N) is 1. The smallest absolute Gasteiger partial charge is 0.144 e. The highest BCUT2D eigenvalue weighted by Gasteiger charge is 2.18. The molecule has 0 radical (unpaired) electrons. The van der Waals surface area contributed by atoms with Crippen molar-refractivity contribution in [3.05, 3.63) is 11.9 Å². The van der Waals surface area contributed by atoms with Crippen molar-refractivity contribution >= 4 is 17.6 Å². The number of aromatic nitrogens is 2. The van der Waals surface area contributed by atoms with Gasteiger partial charge in [-0.2, -0.15) is 0 Å². The summed E-state index contributed by atoms with van der Waals surface area (Å²) in [6, 6.07) is 1.86. The van der Waals surface area contributed by atoms with Gasteiger partial charge in [0.05, 0.1) is 0 Å². The molecular formula is C10H18N4S. The molecule has 0 aromatic carbocycles. The Labute approximate surface area is 95.0 Å². The minimum atomic E-state index is -0.0596. The SMILES string of the molecule is CCSc1cc(NN)nc(C(C)(C)C)n1. The molecule has 0 bridgehead atoms. The summed E-state index contributed by atoms with van der Waals surface area (Å²) in [6.45, 7) is 8.36. The Balaban J connectivity index is 3.11. The first-order valence-corrected chi connectivity index (χ1v) is 5.95. The zero-order chi connectivity index (χ0) is 11.5. The molecule has 5 heteroatoms. The molecule has 84 valence electrons. The Morgan fingerprint density at radius 2 is 2.07 bits per heavy atom. The van der Waals surface area contributed by atoms with Gasteiger partial charge in [-0.05, 0) is 5.75 Å². The topological polar surface area (TPSA) is 63.8 Å². The zero-order valence-electron chi connectivity index (χ0n) is 9.66. The standard InChI is InChI=1S/C10H18N4S/c1-5-15-8-6-7(14-11)12-9(13-8)10(2,3)4/h6H,5,11H2,1-4H3,(H,12,13,14). The number of nitrogens with two attached hydrogens (primary N) is 1. The van der Waals surface area contributed by atoms with E-state index in [0.717, 1.165) is 16.6 Å². The Morgan fingerprint density at radius 1 is 1.40 bits per heavy atom. The van der Waals surface area contributed by atoms with E-state index in [9.17, 15) is 0 Å². The molecule has 0 spiro atoms. The Bertz CT molecular complexity index is 333. The van der Waals surface area contributed by atoms with E-state index >= 15 is 0 Å². The number of nitrogens with zero attached hydrogens (tertiary/aromatic N) is 2. The molecule has 0 aliphatic carbocycles. The van der Waals surface area contributed by atoms with Crippen LogP contribution in [-0.2, 0) is 5.41 Å². The Kier molecular flexibility index (Phi) is 3.93. The van der Waals surface area contributed by atoms with Crippen molar-refractivity contribution in [1.82, 2.24) is 9.97 Å². The summed E-state index contributed by atoms with van der Waals surface area (Å²) in [7, 11) is 0. The maximum atomic E-state index is 5.38. The van der Waals surface area contributed by atoms with Gasteiger partial charge >= 0.3 is 0 Å². The van der Waals surface area contributed by atoms with E-state index in [1.54, 1.807) is 11.8 Å². The molecule has 1 aromatic heterocycles. The number of hydrazine groups is 1. The monoisotopic (exact) mass is 226 g/mol. The maximum absolute atomic E-state index is 5.38. The lowest BCUT2D eigenvalue weighted by molar-refractivity contribution is 0.539. The van der Waals surface area contributed by atoms with Crippen molar-refractivity contribution in [2.75, 3.05) is 11.2 Å². The molecular weight excluding hydrogens is 208 g/mol. The zero-order valence-corrected chi connectivity index (χ0v) is 10.5. The predicted octanol–water partition coefficient (Wildman–Crippen LogP) is 2.17. The summed E-state index contributed by atoms with van der Waals surface area (Å²) < 4.78 is 0. The molecule has 4 nitrogen and oxygen atoms in total. The van der Waals surface area contributed by atoms with Gasteiger partial charge in [0.25, 0.3) is 0 Å². The molecule has 0 saturated heterocycles. The fourth-order valence-corrected chi connectivity index (χ4v) is 1.70. The average molecular weight is 226 g/mol. The molecule has 1 aromatic rings. The van der Waals surface area contributed by atoms with E-state index < -0.39 is 0 Å². The number of rotatable bonds is 3. The lowest BCUT2D eigenvalue weighted by Crippen LogP contribution is -2.19. The second-order valence-electron chi connectivity index (χ2n) is 4.24. The molecule has 1 rings (SSSR count). The Hall–Kier alpha value is -0.810. The van der Waals surface area contributed by atoms with Crippen LogP contribution in [0.15, 0.2) is 11.1 Å². The highest BCUT2D eigenvalue weighted by atomic mass is 32.2. The van der Waals surface area contributed by atoms with Gasteiger partial charge in [-0.25, -0.2) is 15.8 Å². The van der Waals surface area contributed by atoms with Gasteiger partial charge in [-0.15, -0.1) is 11.8 Å². The summed E-state index contributed by atoms with van der Waals surface area (Å²) in [5.41, 5.74) is 2.51. The molecule has 0 aliphatic rings. The molecule has 0 saturated carbocycles. The molecule has 1 heterocycles. The fourth-order valence-electron chi connectivity index (χ4n) is 1.06. The van der Waals surface area contributed by atoms with Gasteiger partial charge in [-0.1, -0.05) is 27.7 Å². The third-order valence-electron chi connectivity index (χ3n) is 1.81. The quantitative estimate of drug-likeness (QED) is 0.358. The normalized spacial score (nSPS) is 11.5. The van der Waals surface area contributed by atoms with Crippen molar-refractivity contribution < 1.29 is 0 Å². The summed E-state index contributed by atoms with van der Waals surface area (Å²) in [4.78, 5) is 8.84.